The highest BCUT2D eigenvalue weighted by atomic mass is 16.2. The third-order valence-electron chi connectivity index (χ3n) is 3.40. The van der Waals surface area contributed by atoms with E-state index in [4.69, 9.17) is 0 Å². The zero-order valence-electron chi connectivity index (χ0n) is 11.3. The molecular formula is C13H22N4O. The van der Waals surface area contributed by atoms with E-state index in [0.29, 0.717) is 6.42 Å². The van der Waals surface area contributed by atoms with Crippen molar-refractivity contribution in [3.05, 3.63) is 17.5 Å². The molecule has 0 unspecified atom stereocenters. The molecule has 5 nitrogen and oxygen atoms in total. The monoisotopic (exact) mass is 250 g/mol. The second-order valence-electron chi connectivity index (χ2n) is 4.93. The second-order valence-corrected chi connectivity index (χ2v) is 4.93. The number of carbonyl (C=O) groups is 1. The number of nitrogens with one attached hydrogen (secondary N) is 1. The molecule has 2 heterocycles. The standard InChI is InChI=1S/C13H22N4O/c1-11-12(10-16(2)15-11)9-14-6-5-13(18)17-7-3-4-8-17/h10,14H,3-9H2,1-2H3. The van der Waals surface area contributed by atoms with E-state index >= 15 is 0 Å². The largest absolute Gasteiger partial charge is 0.343 e. The first-order valence-electron chi connectivity index (χ1n) is 6.64. The number of nitrogens with zero attached hydrogens (tertiary/aromatic N) is 3. The Morgan fingerprint density at radius 2 is 2.17 bits per heavy atom. The molecule has 5 heteroatoms. The topological polar surface area (TPSA) is 50.2 Å². The summed E-state index contributed by atoms with van der Waals surface area (Å²) in [5.74, 6) is 0.280. The highest BCUT2D eigenvalue weighted by molar-refractivity contribution is 5.76. The molecule has 1 aromatic rings. The molecule has 100 valence electrons. The molecule has 1 saturated heterocycles. The first-order chi connectivity index (χ1) is 8.66. The van der Waals surface area contributed by atoms with Gasteiger partial charge in [0.15, 0.2) is 0 Å². The maximum Gasteiger partial charge on any atom is 0.223 e. The van der Waals surface area contributed by atoms with Gasteiger partial charge in [0.1, 0.15) is 0 Å². The number of hydrogen-bond acceptors (Lipinski definition) is 3. The van der Waals surface area contributed by atoms with Gasteiger partial charge in [0, 0.05) is 51.4 Å². The highest BCUT2D eigenvalue weighted by Gasteiger charge is 2.16. The maximum atomic E-state index is 11.8. The molecule has 1 aromatic heterocycles. The van der Waals surface area contributed by atoms with Crippen LogP contribution in [0.5, 0.6) is 0 Å². The minimum Gasteiger partial charge on any atom is -0.343 e. The van der Waals surface area contributed by atoms with E-state index in [-0.39, 0.29) is 5.91 Å². The van der Waals surface area contributed by atoms with Gasteiger partial charge in [-0.15, -0.1) is 0 Å². The Balaban J connectivity index is 1.66. The van der Waals surface area contributed by atoms with Gasteiger partial charge >= 0.3 is 0 Å². The molecule has 1 N–H and O–H groups in total. The molecule has 1 aliphatic heterocycles. The second kappa shape index (κ2) is 6.00. The zero-order chi connectivity index (χ0) is 13.0. The van der Waals surface area contributed by atoms with Crippen LogP contribution < -0.4 is 5.32 Å². The van der Waals surface area contributed by atoms with Gasteiger partial charge in [-0.25, -0.2) is 0 Å². The van der Waals surface area contributed by atoms with Crippen LogP contribution in [-0.2, 0) is 18.4 Å². The van der Waals surface area contributed by atoms with Crippen molar-refractivity contribution in [2.75, 3.05) is 19.6 Å². The third kappa shape index (κ3) is 3.32. The lowest BCUT2D eigenvalue weighted by Crippen LogP contribution is -2.30. The molecule has 18 heavy (non-hydrogen) atoms. The Bertz CT molecular complexity index is 407. The van der Waals surface area contributed by atoms with E-state index in [1.165, 1.54) is 5.56 Å². The predicted octanol–water partition coefficient (Wildman–Crippen LogP) is 0.831. The van der Waals surface area contributed by atoms with Crippen molar-refractivity contribution in [1.29, 1.82) is 0 Å². The van der Waals surface area contributed by atoms with E-state index in [2.05, 4.69) is 10.4 Å². The Morgan fingerprint density at radius 1 is 1.44 bits per heavy atom. The van der Waals surface area contributed by atoms with Crippen LogP contribution in [0.4, 0.5) is 0 Å². The lowest BCUT2D eigenvalue weighted by molar-refractivity contribution is -0.130. The average Bonchev–Trinajstić information content (AvgIpc) is 2.94. The van der Waals surface area contributed by atoms with Crippen LogP contribution in [0.25, 0.3) is 0 Å². The third-order valence-corrected chi connectivity index (χ3v) is 3.40. The molecule has 0 bridgehead atoms. The Morgan fingerprint density at radius 3 is 2.78 bits per heavy atom. The molecule has 1 aliphatic rings. The Labute approximate surface area is 108 Å². The van der Waals surface area contributed by atoms with E-state index < -0.39 is 0 Å². The molecular weight excluding hydrogens is 228 g/mol. The fourth-order valence-electron chi connectivity index (χ4n) is 2.37. The molecule has 0 saturated carbocycles. The highest BCUT2D eigenvalue weighted by Crippen LogP contribution is 2.08. The summed E-state index contributed by atoms with van der Waals surface area (Å²) in [6, 6.07) is 0. The summed E-state index contributed by atoms with van der Waals surface area (Å²) in [5.41, 5.74) is 2.25. The molecule has 0 atom stereocenters. The number of aromatic nitrogens is 2. The molecule has 0 spiro atoms. The summed E-state index contributed by atoms with van der Waals surface area (Å²) in [6.45, 7) is 5.42. The lowest BCUT2D eigenvalue weighted by Gasteiger charge is -2.15. The van der Waals surface area contributed by atoms with Crippen molar-refractivity contribution in [3.8, 4) is 0 Å². The summed E-state index contributed by atoms with van der Waals surface area (Å²) < 4.78 is 1.82. The summed E-state index contributed by atoms with van der Waals surface area (Å²) in [4.78, 5) is 13.8. The quantitative estimate of drug-likeness (QED) is 0.788. The summed E-state index contributed by atoms with van der Waals surface area (Å²) in [7, 11) is 1.92. The molecule has 0 aliphatic carbocycles. The molecule has 0 radical (unpaired) electrons. The average molecular weight is 250 g/mol. The van der Waals surface area contributed by atoms with Gasteiger partial charge in [-0.3, -0.25) is 9.48 Å². The van der Waals surface area contributed by atoms with Crippen molar-refractivity contribution in [1.82, 2.24) is 20.0 Å². The number of carbonyl (C=O) groups excluding carboxylic acids is 1. The molecule has 1 fully saturated rings. The van der Waals surface area contributed by atoms with E-state index in [0.717, 1.165) is 44.7 Å². The van der Waals surface area contributed by atoms with Crippen molar-refractivity contribution < 1.29 is 4.79 Å². The van der Waals surface area contributed by atoms with E-state index in [1.807, 2.05) is 29.7 Å². The van der Waals surface area contributed by atoms with Crippen LogP contribution in [0.3, 0.4) is 0 Å². The first-order valence-corrected chi connectivity index (χ1v) is 6.64. The van der Waals surface area contributed by atoms with Crippen molar-refractivity contribution >= 4 is 5.91 Å². The van der Waals surface area contributed by atoms with Gasteiger partial charge in [0.2, 0.25) is 5.91 Å². The van der Waals surface area contributed by atoms with E-state index in [9.17, 15) is 4.79 Å². The van der Waals surface area contributed by atoms with Gasteiger partial charge < -0.3 is 10.2 Å². The number of aryl methyl sites for hydroxylation is 2. The Kier molecular flexibility index (Phi) is 4.36. The van der Waals surface area contributed by atoms with Crippen LogP contribution in [0.2, 0.25) is 0 Å². The fourth-order valence-corrected chi connectivity index (χ4v) is 2.37. The van der Waals surface area contributed by atoms with Crippen molar-refractivity contribution in [2.24, 2.45) is 7.05 Å². The SMILES string of the molecule is Cc1nn(C)cc1CNCCC(=O)N1CCCC1. The van der Waals surface area contributed by atoms with Crippen LogP contribution in [0.1, 0.15) is 30.5 Å². The summed E-state index contributed by atoms with van der Waals surface area (Å²) in [6.07, 6.45) is 4.94. The summed E-state index contributed by atoms with van der Waals surface area (Å²) in [5, 5.41) is 7.60. The molecule has 0 aromatic carbocycles. The molecule has 1 amide bonds. The van der Waals surface area contributed by atoms with Crippen LogP contribution in [-0.4, -0.2) is 40.2 Å². The zero-order valence-corrected chi connectivity index (χ0v) is 11.3. The summed E-state index contributed by atoms with van der Waals surface area (Å²) >= 11 is 0. The first kappa shape index (κ1) is 13.1. The van der Waals surface area contributed by atoms with Gasteiger partial charge in [-0.1, -0.05) is 0 Å². The van der Waals surface area contributed by atoms with Gasteiger partial charge in [-0.2, -0.15) is 5.10 Å². The van der Waals surface area contributed by atoms with Gasteiger partial charge in [-0.05, 0) is 19.8 Å². The minimum absolute atomic E-state index is 0.280. The Hall–Kier alpha value is -1.36. The van der Waals surface area contributed by atoms with Crippen molar-refractivity contribution in [2.45, 2.75) is 32.7 Å². The lowest BCUT2D eigenvalue weighted by atomic mass is 10.2. The number of likely N-dealkylation sites (tertiary alicyclic amines) is 1. The maximum absolute atomic E-state index is 11.8. The van der Waals surface area contributed by atoms with Crippen LogP contribution in [0, 0.1) is 6.92 Å². The molecule has 2 rings (SSSR count). The minimum atomic E-state index is 0.280. The fraction of sp³-hybridized carbons (Fsp3) is 0.692. The van der Waals surface area contributed by atoms with Crippen molar-refractivity contribution in [3.63, 3.8) is 0 Å². The van der Waals surface area contributed by atoms with Gasteiger partial charge in [0.25, 0.3) is 0 Å². The smallest absolute Gasteiger partial charge is 0.223 e. The predicted molar refractivity (Wildman–Crippen MR) is 70.1 cm³/mol. The number of rotatable bonds is 5. The normalized spacial score (nSPS) is 15.3. The number of hydrogen-bond donors (Lipinski definition) is 1. The van der Waals surface area contributed by atoms with E-state index in [1.54, 1.807) is 0 Å². The van der Waals surface area contributed by atoms with Crippen LogP contribution >= 0.6 is 0 Å². The van der Waals surface area contributed by atoms with Gasteiger partial charge in [0.05, 0.1) is 5.69 Å². The van der Waals surface area contributed by atoms with Crippen LogP contribution in [0.15, 0.2) is 6.20 Å². The number of amides is 1.